The molecule has 0 unspecified atom stereocenters. The van der Waals surface area contributed by atoms with Crippen LogP contribution in [-0.4, -0.2) is 58.9 Å². The van der Waals surface area contributed by atoms with Gasteiger partial charge in [-0.15, -0.1) is 0 Å². The highest BCUT2D eigenvalue weighted by molar-refractivity contribution is 5.44. The number of anilines is 2. The third-order valence-corrected chi connectivity index (χ3v) is 4.89. The molecule has 1 atom stereocenters. The average molecular weight is 371 g/mol. The SMILES string of the molecule is CCOc1ccccc1CN1CCN(c2cc(C)nc(N)n2)C[C@H]1CCO. The van der Waals surface area contributed by atoms with E-state index in [9.17, 15) is 5.11 Å². The maximum atomic E-state index is 9.57. The molecule has 0 radical (unpaired) electrons. The van der Waals surface area contributed by atoms with Gasteiger partial charge < -0.3 is 20.5 Å². The lowest BCUT2D eigenvalue weighted by atomic mass is 10.1. The first-order chi connectivity index (χ1) is 13.1. The summed E-state index contributed by atoms with van der Waals surface area (Å²) in [4.78, 5) is 13.2. The van der Waals surface area contributed by atoms with Crippen molar-refractivity contribution in [3.8, 4) is 5.75 Å². The van der Waals surface area contributed by atoms with Crippen LogP contribution in [0.1, 0.15) is 24.6 Å². The third kappa shape index (κ3) is 4.87. The fraction of sp³-hybridized carbons (Fsp3) is 0.500. The quantitative estimate of drug-likeness (QED) is 0.768. The standard InChI is InChI=1S/C20H29N5O2/c1-3-27-18-7-5-4-6-16(18)13-24-9-10-25(14-17(24)8-11-26)19-12-15(2)22-20(21)23-19/h4-7,12,17,26H,3,8-11,13-14H2,1-2H3,(H2,21,22,23)/t17-/m1/s1. The van der Waals surface area contributed by atoms with Gasteiger partial charge in [-0.1, -0.05) is 18.2 Å². The van der Waals surface area contributed by atoms with E-state index in [1.807, 2.05) is 38.1 Å². The van der Waals surface area contributed by atoms with Crippen molar-refractivity contribution in [3.05, 3.63) is 41.6 Å². The molecule has 0 saturated carbocycles. The van der Waals surface area contributed by atoms with Crippen LogP contribution in [-0.2, 0) is 6.54 Å². The Labute approximate surface area is 160 Å². The number of aliphatic hydroxyl groups excluding tert-OH is 1. The van der Waals surface area contributed by atoms with Gasteiger partial charge in [0.1, 0.15) is 11.6 Å². The summed E-state index contributed by atoms with van der Waals surface area (Å²) in [7, 11) is 0. The van der Waals surface area contributed by atoms with E-state index in [1.54, 1.807) is 0 Å². The molecule has 7 heteroatoms. The molecule has 1 fully saturated rings. The van der Waals surface area contributed by atoms with Crippen molar-refractivity contribution in [1.29, 1.82) is 0 Å². The topological polar surface area (TPSA) is 87.7 Å². The zero-order valence-electron chi connectivity index (χ0n) is 16.1. The van der Waals surface area contributed by atoms with Crippen molar-refractivity contribution >= 4 is 11.8 Å². The molecule has 2 aromatic rings. The van der Waals surface area contributed by atoms with Crippen LogP contribution in [0.2, 0.25) is 0 Å². The number of aliphatic hydroxyl groups is 1. The highest BCUT2D eigenvalue weighted by Gasteiger charge is 2.28. The minimum atomic E-state index is 0.160. The van der Waals surface area contributed by atoms with Gasteiger partial charge in [-0.3, -0.25) is 4.90 Å². The maximum Gasteiger partial charge on any atom is 0.222 e. The first-order valence-electron chi connectivity index (χ1n) is 9.52. The van der Waals surface area contributed by atoms with Gasteiger partial charge in [0.05, 0.1) is 6.61 Å². The van der Waals surface area contributed by atoms with Crippen molar-refractivity contribution in [2.45, 2.75) is 32.9 Å². The molecular formula is C20H29N5O2. The van der Waals surface area contributed by atoms with Crippen LogP contribution in [0, 0.1) is 6.92 Å². The highest BCUT2D eigenvalue weighted by Crippen LogP contribution is 2.25. The minimum Gasteiger partial charge on any atom is -0.494 e. The number of hydrogen-bond acceptors (Lipinski definition) is 7. The number of piperazine rings is 1. The Hall–Kier alpha value is -2.38. The number of aromatic nitrogens is 2. The molecule has 1 aromatic carbocycles. The third-order valence-electron chi connectivity index (χ3n) is 4.89. The molecule has 1 aliphatic heterocycles. The van der Waals surface area contributed by atoms with E-state index in [0.29, 0.717) is 19.0 Å². The number of rotatable bonds is 7. The zero-order valence-corrected chi connectivity index (χ0v) is 16.1. The predicted molar refractivity (Wildman–Crippen MR) is 107 cm³/mol. The van der Waals surface area contributed by atoms with Gasteiger partial charge in [0.2, 0.25) is 5.95 Å². The number of aryl methyl sites for hydroxylation is 1. The lowest BCUT2D eigenvalue weighted by molar-refractivity contribution is 0.134. The number of para-hydroxylation sites is 1. The molecule has 0 bridgehead atoms. The fourth-order valence-electron chi connectivity index (χ4n) is 3.62. The van der Waals surface area contributed by atoms with Crippen LogP contribution >= 0.6 is 0 Å². The Morgan fingerprint density at radius 3 is 2.81 bits per heavy atom. The van der Waals surface area contributed by atoms with E-state index in [-0.39, 0.29) is 12.6 Å². The molecule has 3 rings (SSSR count). The summed E-state index contributed by atoms with van der Waals surface area (Å²) >= 11 is 0. The molecule has 1 saturated heterocycles. The monoisotopic (exact) mass is 371 g/mol. The van der Waals surface area contributed by atoms with Crippen molar-refractivity contribution in [1.82, 2.24) is 14.9 Å². The average Bonchev–Trinajstić information content (AvgIpc) is 2.64. The van der Waals surface area contributed by atoms with Crippen molar-refractivity contribution in [2.24, 2.45) is 0 Å². The van der Waals surface area contributed by atoms with Crippen LogP contribution < -0.4 is 15.4 Å². The number of ether oxygens (including phenoxy) is 1. The number of benzene rings is 1. The molecule has 0 amide bonds. The molecule has 7 nitrogen and oxygen atoms in total. The Morgan fingerprint density at radius 2 is 2.07 bits per heavy atom. The van der Waals surface area contributed by atoms with Gasteiger partial charge >= 0.3 is 0 Å². The number of hydrogen-bond donors (Lipinski definition) is 2. The number of nitrogens with two attached hydrogens (primary N) is 1. The second-order valence-electron chi connectivity index (χ2n) is 6.85. The molecule has 146 valence electrons. The highest BCUT2D eigenvalue weighted by atomic mass is 16.5. The van der Waals surface area contributed by atoms with E-state index in [1.165, 1.54) is 5.56 Å². The second kappa shape index (κ2) is 9.01. The van der Waals surface area contributed by atoms with Crippen LogP contribution in [0.5, 0.6) is 5.75 Å². The first kappa shape index (κ1) is 19.4. The number of nitrogen functional groups attached to an aromatic ring is 1. The first-order valence-corrected chi connectivity index (χ1v) is 9.52. The van der Waals surface area contributed by atoms with Gasteiger partial charge in [-0.05, 0) is 26.3 Å². The van der Waals surface area contributed by atoms with E-state index in [0.717, 1.165) is 43.4 Å². The fourth-order valence-corrected chi connectivity index (χ4v) is 3.62. The zero-order chi connectivity index (χ0) is 19.2. The Balaban J connectivity index is 1.75. The lowest BCUT2D eigenvalue weighted by Gasteiger charge is -2.42. The Morgan fingerprint density at radius 1 is 1.26 bits per heavy atom. The summed E-state index contributed by atoms with van der Waals surface area (Å²) in [6.07, 6.45) is 0.715. The van der Waals surface area contributed by atoms with E-state index >= 15 is 0 Å². The molecular weight excluding hydrogens is 342 g/mol. The van der Waals surface area contributed by atoms with Gasteiger partial charge in [0.15, 0.2) is 0 Å². The smallest absolute Gasteiger partial charge is 0.222 e. The van der Waals surface area contributed by atoms with Crippen LogP contribution in [0.4, 0.5) is 11.8 Å². The van der Waals surface area contributed by atoms with E-state index in [4.69, 9.17) is 10.5 Å². The minimum absolute atomic E-state index is 0.160. The van der Waals surface area contributed by atoms with Gasteiger partial charge in [0, 0.05) is 56.2 Å². The normalized spacial score (nSPS) is 17.9. The molecule has 2 heterocycles. The summed E-state index contributed by atoms with van der Waals surface area (Å²) in [6, 6.07) is 10.4. The summed E-state index contributed by atoms with van der Waals surface area (Å²) in [6.45, 7) is 8.08. The van der Waals surface area contributed by atoms with Crippen molar-refractivity contribution in [2.75, 3.05) is 43.5 Å². The summed E-state index contributed by atoms with van der Waals surface area (Å²) in [5.74, 6) is 2.10. The van der Waals surface area contributed by atoms with Crippen LogP contribution in [0.25, 0.3) is 0 Å². The van der Waals surface area contributed by atoms with Gasteiger partial charge in [-0.25, -0.2) is 4.98 Å². The van der Waals surface area contributed by atoms with Crippen molar-refractivity contribution < 1.29 is 9.84 Å². The Bertz CT molecular complexity index is 735. The Kier molecular flexibility index (Phi) is 6.47. The summed E-state index contributed by atoms with van der Waals surface area (Å²) in [5, 5.41) is 9.57. The molecule has 27 heavy (non-hydrogen) atoms. The van der Waals surface area contributed by atoms with Crippen LogP contribution in [0.15, 0.2) is 30.3 Å². The second-order valence-corrected chi connectivity index (χ2v) is 6.85. The largest absolute Gasteiger partial charge is 0.494 e. The molecule has 0 spiro atoms. The molecule has 1 aliphatic rings. The summed E-state index contributed by atoms with van der Waals surface area (Å²) in [5.41, 5.74) is 7.86. The van der Waals surface area contributed by atoms with Gasteiger partial charge in [-0.2, -0.15) is 4.98 Å². The van der Waals surface area contributed by atoms with E-state index in [2.05, 4.69) is 25.8 Å². The van der Waals surface area contributed by atoms with Crippen LogP contribution in [0.3, 0.4) is 0 Å². The summed E-state index contributed by atoms with van der Waals surface area (Å²) < 4.78 is 5.77. The lowest BCUT2D eigenvalue weighted by Crippen LogP contribution is -2.53. The van der Waals surface area contributed by atoms with Crippen molar-refractivity contribution in [3.63, 3.8) is 0 Å². The molecule has 1 aromatic heterocycles. The maximum absolute atomic E-state index is 9.57. The molecule has 3 N–H and O–H groups in total. The number of nitrogens with zero attached hydrogens (tertiary/aromatic N) is 4. The molecule has 0 aliphatic carbocycles. The van der Waals surface area contributed by atoms with E-state index < -0.39 is 0 Å². The van der Waals surface area contributed by atoms with Gasteiger partial charge in [0.25, 0.3) is 0 Å². The predicted octanol–water partition coefficient (Wildman–Crippen LogP) is 1.84.